The van der Waals surface area contributed by atoms with Crippen molar-refractivity contribution in [3.05, 3.63) is 173 Å². The Morgan fingerprint density at radius 1 is 0.512 bits per heavy atom. The van der Waals surface area contributed by atoms with Gasteiger partial charge in [-0.2, -0.15) is 0 Å². The van der Waals surface area contributed by atoms with E-state index in [9.17, 15) is 24.0 Å². The fourth-order valence-electron chi connectivity index (χ4n) is 8.92. The van der Waals surface area contributed by atoms with Crippen LogP contribution in [0, 0.1) is 5.92 Å². The number of nitrogens with zero attached hydrogens (tertiary/aromatic N) is 2. The Morgan fingerprint density at radius 2 is 0.838 bits per heavy atom. The van der Waals surface area contributed by atoms with Crippen molar-refractivity contribution >= 4 is 49.8 Å². The third-order valence-corrected chi connectivity index (χ3v) is 17.2. The van der Waals surface area contributed by atoms with Gasteiger partial charge in [-0.25, -0.2) is 25.3 Å². The van der Waals surface area contributed by atoms with E-state index in [2.05, 4.69) is 30.3 Å². The van der Waals surface area contributed by atoms with Crippen molar-refractivity contribution in [2.24, 2.45) is 5.92 Å². The molecule has 80 heavy (non-hydrogen) atoms. The van der Waals surface area contributed by atoms with Crippen LogP contribution in [0.2, 0.25) is 0 Å². The molecule has 0 aliphatic rings. The number of ether oxygens (including phenoxy) is 6. The van der Waals surface area contributed by atoms with Crippen LogP contribution in [0.15, 0.2) is 145 Å². The molecule has 430 valence electrons. The number of hydrogen-bond acceptors (Lipinski definition) is 14. The molecule has 0 amide bonds. The van der Waals surface area contributed by atoms with E-state index in [1.54, 1.807) is 44.5 Å². The number of fused-ring (bicyclic) bond motifs is 1. The van der Waals surface area contributed by atoms with E-state index in [-0.39, 0.29) is 103 Å². The number of carbonyl (C=O) groups is 4. The van der Waals surface area contributed by atoms with Gasteiger partial charge in [0.2, 0.25) is 14.9 Å². The van der Waals surface area contributed by atoms with E-state index >= 15 is 9.13 Å². The number of nitrogens with one attached hydrogen (secondary N) is 5. The highest BCUT2D eigenvalue weighted by atomic mass is 31.2. The summed E-state index contributed by atoms with van der Waals surface area (Å²) in [5.41, 5.74) is 3.21. The molecule has 0 bridgehead atoms. The molecule has 20 nitrogen and oxygen atoms in total. The lowest BCUT2D eigenvalue weighted by Gasteiger charge is -2.30. The summed E-state index contributed by atoms with van der Waals surface area (Å²) in [6.45, 7) is 6.95. The van der Waals surface area contributed by atoms with Crippen molar-refractivity contribution in [2.45, 2.75) is 84.1 Å². The van der Waals surface area contributed by atoms with Crippen molar-refractivity contribution < 1.29 is 56.7 Å². The first-order valence-corrected chi connectivity index (χ1v) is 30.8. The number of carbonyl (C=O) groups excluding carboxylic acids is 4. The fraction of sp³-hybridized carbons (Fsp3) is 0.414. The van der Waals surface area contributed by atoms with Crippen molar-refractivity contribution in [1.82, 2.24) is 34.9 Å². The average Bonchev–Trinajstić information content (AvgIpc) is 3.89. The van der Waals surface area contributed by atoms with Gasteiger partial charge in [0, 0.05) is 18.7 Å². The van der Waals surface area contributed by atoms with Crippen LogP contribution >= 0.6 is 14.9 Å². The van der Waals surface area contributed by atoms with Crippen LogP contribution in [-0.2, 0) is 89.0 Å². The van der Waals surface area contributed by atoms with Crippen molar-refractivity contribution in [2.75, 3.05) is 65.2 Å². The molecular formula is C58H75N7O13P2. The normalized spacial score (nSPS) is 13.3. The third kappa shape index (κ3) is 20.2. The largest absolute Gasteiger partial charge is 0.465 e. The van der Waals surface area contributed by atoms with Crippen LogP contribution in [0.1, 0.15) is 49.9 Å². The first-order valence-electron chi connectivity index (χ1n) is 27.0. The molecule has 2 aromatic heterocycles. The molecule has 0 unspecified atom stereocenters. The van der Waals surface area contributed by atoms with Crippen LogP contribution < -0.4 is 25.9 Å². The molecule has 4 atom stereocenters. The van der Waals surface area contributed by atoms with Gasteiger partial charge in [0.1, 0.15) is 29.8 Å². The van der Waals surface area contributed by atoms with E-state index in [0.717, 1.165) is 22.3 Å². The van der Waals surface area contributed by atoms with Gasteiger partial charge in [0.15, 0.2) is 0 Å². The smallest absolute Gasteiger partial charge is 0.323 e. The van der Waals surface area contributed by atoms with Gasteiger partial charge in [-0.1, -0.05) is 121 Å². The van der Waals surface area contributed by atoms with Crippen LogP contribution in [0.25, 0.3) is 11.0 Å². The summed E-state index contributed by atoms with van der Waals surface area (Å²) in [5, 5.41) is 12.7. The Hall–Kier alpha value is -6.60. The fourth-order valence-corrected chi connectivity index (χ4v) is 13.2. The van der Waals surface area contributed by atoms with Crippen molar-refractivity contribution in [3.63, 3.8) is 0 Å². The van der Waals surface area contributed by atoms with E-state index in [1.165, 1.54) is 6.33 Å². The summed E-state index contributed by atoms with van der Waals surface area (Å²) in [6, 6.07) is 34.1. The van der Waals surface area contributed by atoms with Crippen LogP contribution in [0.5, 0.6) is 0 Å². The van der Waals surface area contributed by atoms with Gasteiger partial charge in [-0.15, -0.1) is 0 Å². The first kappa shape index (κ1) is 62.6. The molecule has 0 radical (unpaired) electrons. The molecule has 0 spiro atoms. The summed E-state index contributed by atoms with van der Waals surface area (Å²) >= 11 is 0. The highest BCUT2D eigenvalue weighted by molar-refractivity contribution is 7.60. The minimum atomic E-state index is -3.97. The highest BCUT2D eigenvalue weighted by Gasteiger charge is 2.37. The quantitative estimate of drug-likeness (QED) is 0.0117. The second-order valence-corrected chi connectivity index (χ2v) is 23.8. The maximum atomic E-state index is 15.4. The van der Waals surface area contributed by atoms with Crippen molar-refractivity contribution in [1.29, 1.82) is 0 Å². The average molecular weight is 1140 g/mol. The molecule has 2 heterocycles. The number of hydrogen-bond donors (Lipinski definition) is 5. The molecule has 0 fully saturated rings. The molecule has 0 saturated carbocycles. The van der Waals surface area contributed by atoms with E-state index in [0.29, 0.717) is 11.0 Å². The van der Waals surface area contributed by atoms with E-state index < -0.39 is 68.8 Å². The second kappa shape index (κ2) is 32.6. The number of esters is 4. The SMILES string of the molecule is CCOC(=O)[C@H](Cc1ccccc1)NP(=O)(CCOCC(COCCP(=O)(N[C@@H](Cc1ccccc1)C(=O)OCC)N[C@@H](Cc1ccccc1)C(=O)OCC)Cn1ccc2c(=O)[nH]cnc21)N[C@@H](Cc1ccccc1)C(=O)OCC. The van der Waals surface area contributed by atoms with Gasteiger partial charge >= 0.3 is 23.9 Å². The molecule has 0 aliphatic heterocycles. The second-order valence-electron chi connectivity index (χ2n) is 18.9. The van der Waals surface area contributed by atoms with Gasteiger partial charge in [0.25, 0.3) is 5.56 Å². The summed E-state index contributed by atoms with van der Waals surface area (Å²) in [5.74, 6) is -3.01. The van der Waals surface area contributed by atoms with Gasteiger partial charge in [-0.05, 0) is 81.7 Å². The summed E-state index contributed by atoms with van der Waals surface area (Å²) in [7, 11) is -7.95. The third-order valence-electron chi connectivity index (χ3n) is 12.7. The Bertz CT molecular complexity index is 2710. The Morgan fingerprint density at radius 3 is 1.15 bits per heavy atom. The van der Waals surface area contributed by atoms with Gasteiger partial charge in [0.05, 0.1) is 76.9 Å². The zero-order valence-corrected chi connectivity index (χ0v) is 47.7. The predicted octanol–water partition coefficient (Wildman–Crippen LogP) is 6.82. The van der Waals surface area contributed by atoms with E-state index in [4.69, 9.17) is 28.4 Å². The highest BCUT2D eigenvalue weighted by Crippen LogP contribution is 2.40. The van der Waals surface area contributed by atoms with Crippen LogP contribution in [0.4, 0.5) is 0 Å². The first-order chi connectivity index (χ1) is 38.7. The molecule has 5 N–H and O–H groups in total. The van der Waals surface area contributed by atoms with Crippen LogP contribution in [0.3, 0.4) is 0 Å². The Labute approximate surface area is 467 Å². The monoisotopic (exact) mass is 1140 g/mol. The topological polar surface area (TPSA) is 257 Å². The number of rotatable bonds is 36. The van der Waals surface area contributed by atoms with Crippen LogP contribution in [-0.4, -0.2) is 128 Å². The Kier molecular flexibility index (Phi) is 25.5. The molecular weight excluding hydrogens is 1060 g/mol. The number of aromatic amines is 1. The molecule has 6 rings (SSSR count). The maximum Gasteiger partial charge on any atom is 0.323 e. The molecule has 0 aliphatic carbocycles. The Balaban J connectivity index is 1.26. The predicted molar refractivity (Wildman–Crippen MR) is 305 cm³/mol. The van der Waals surface area contributed by atoms with Gasteiger partial charge in [-0.3, -0.25) is 33.1 Å². The zero-order valence-electron chi connectivity index (χ0n) is 45.9. The summed E-state index contributed by atoms with van der Waals surface area (Å²) < 4.78 is 67.3. The lowest BCUT2D eigenvalue weighted by Crippen LogP contribution is -2.46. The zero-order chi connectivity index (χ0) is 57.2. The number of benzene rings is 4. The summed E-state index contributed by atoms with van der Waals surface area (Å²) in [4.78, 5) is 74.2. The summed E-state index contributed by atoms with van der Waals surface area (Å²) in [6.07, 6.45) is 3.14. The van der Waals surface area contributed by atoms with E-state index in [1.807, 2.05) is 121 Å². The molecule has 4 aromatic carbocycles. The minimum Gasteiger partial charge on any atom is -0.465 e. The minimum absolute atomic E-state index is 0.00230. The number of aromatic nitrogens is 3. The lowest BCUT2D eigenvalue weighted by atomic mass is 10.1. The van der Waals surface area contributed by atoms with Crippen molar-refractivity contribution in [3.8, 4) is 0 Å². The molecule has 6 aromatic rings. The molecule has 0 saturated heterocycles. The lowest BCUT2D eigenvalue weighted by molar-refractivity contribution is -0.146. The maximum absolute atomic E-state index is 15.4. The molecule has 22 heteroatoms. The number of H-pyrrole nitrogens is 1. The standard InChI is InChI=1S/C58H75N7O13P2/c1-5-75-55(67)49(35-43-21-13-9-14-22-43)61-79(71,62-50(56(68)76-6-2)36-44-23-15-10-16-24-44)33-31-73-40-47(39-65-30-29-48-53(65)59-42-60-54(48)66)41-74-32-34-80(72,63-51(57(69)77-7-3)37-45-25-17-11-18-26-45)64-52(58(70)78-8-4)38-46-27-19-12-20-28-46/h9-30,42,47,49-52H,5-8,31-41H2,1-4H3,(H,59,60,66)(H2,61,62,71)(H2,63,64,72)/t49-,50-,51-,52-/m0/s1. The van der Waals surface area contributed by atoms with Gasteiger partial charge < -0.3 is 38.0 Å².